The van der Waals surface area contributed by atoms with Gasteiger partial charge in [0, 0.05) is 0 Å². The zero-order chi connectivity index (χ0) is 11.7. The topological polar surface area (TPSA) is 17.1 Å². The number of benzene rings is 1. The van der Waals surface area contributed by atoms with Crippen molar-refractivity contribution in [1.29, 1.82) is 0 Å². The van der Waals surface area contributed by atoms with Gasteiger partial charge in [-0.2, -0.15) is 0 Å². The Hall–Kier alpha value is -0.900. The normalized spacial score (nSPS) is 10.4. The van der Waals surface area contributed by atoms with Crippen LogP contribution in [0.25, 0.3) is 0 Å². The van der Waals surface area contributed by atoms with Crippen molar-refractivity contribution in [2.45, 2.75) is 0 Å². The first-order valence-corrected chi connectivity index (χ1v) is 5.96. The fourth-order valence-corrected chi connectivity index (χ4v) is 2.53. The maximum Gasteiger partial charge on any atom is 0.207 e. The fourth-order valence-electron chi connectivity index (χ4n) is 1.26. The molecule has 16 heavy (non-hydrogen) atoms. The van der Waals surface area contributed by atoms with Crippen molar-refractivity contribution in [2.24, 2.45) is 0 Å². The van der Waals surface area contributed by atoms with Gasteiger partial charge in [-0.15, -0.1) is 11.3 Å². The highest BCUT2D eigenvalue weighted by molar-refractivity contribution is 7.13. The lowest BCUT2D eigenvalue weighted by Gasteiger charge is -2.02. The Morgan fingerprint density at radius 3 is 2.56 bits per heavy atom. The molecule has 82 valence electrons. The summed E-state index contributed by atoms with van der Waals surface area (Å²) >= 11 is 12.6. The molecule has 1 aromatic carbocycles. The summed E-state index contributed by atoms with van der Waals surface area (Å²) in [5, 5.41) is 1.94. The minimum Gasteiger partial charge on any atom is -0.288 e. The molecular formula is C11H5Cl2FOS. The molecule has 1 nitrogen and oxygen atoms in total. The van der Waals surface area contributed by atoms with E-state index in [1.165, 1.54) is 29.5 Å². The SMILES string of the molecule is O=C(c1cccc(Cl)c1F)c1sccc1Cl. The van der Waals surface area contributed by atoms with Crippen molar-refractivity contribution < 1.29 is 9.18 Å². The molecule has 0 bridgehead atoms. The average Bonchev–Trinajstić information content (AvgIpc) is 2.68. The van der Waals surface area contributed by atoms with Gasteiger partial charge in [-0.1, -0.05) is 29.3 Å². The van der Waals surface area contributed by atoms with Gasteiger partial charge >= 0.3 is 0 Å². The highest BCUT2D eigenvalue weighted by atomic mass is 35.5. The van der Waals surface area contributed by atoms with Gasteiger partial charge in [0.1, 0.15) is 0 Å². The monoisotopic (exact) mass is 274 g/mol. The van der Waals surface area contributed by atoms with Crippen molar-refractivity contribution >= 4 is 40.3 Å². The molecule has 0 N–H and O–H groups in total. The van der Waals surface area contributed by atoms with Gasteiger partial charge in [-0.05, 0) is 23.6 Å². The minimum atomic E-state index is -0.710. The third-order valence-corrected chi connectivity index (χ3v) is 3.65. The lowest BCUT2D eigenvalue weighted by molar-refractivity contribution is 0.103. The van der Waals surface area contributed by atoms with E-state index < -0.39 is 11.6 Å². The first-order chi connectivity index (χ1) is 7.61. The second-order valence-electron chi connectivity index (χ2n) is 3.03. The summed E-state index contributed by atoms with van der Waals surface area (Å²) in [5.74, 6) is -1.15. The van der Waals surface area contributed by atoms with Crippen LogP contribution in [0.5, 0.6) is 0 Å². The predicted molar refractivity (Wildman–Crippen MR) is 64.2 cm³/mol. The van der Waals surface area contributed by atoms with Crippen molar-refractivity contribution in [2.75, 3.05) is 0 Å². The maximum absolute atomic E-state index is 13.6. The summed E-state index contributed by atoms with van der Waals surface area (Å²) < 4.78 is 13.6. The van der Waals surface area contributed by atoms with E-state index in [1.807, 2.05) is 0 Å². The zero-order valence-corrected chi connectivity index (χ0v) is 10.2. The predicted octanol–water partition coefficient (Wildman–Crippen LogP) is 4.43. The number of rotatable bonds is 2. The molecule has 0 aliphatic heterocycles. The summed E-state index contributed by atoms with van der Waals surface area (Å²) in [6, 6.07) is 5.91. The van der Waals surface area contributed by atoms with Gasteiger partial charge in [0.25, 0.3) is 0 Å². The molecule has 2 aromatic rings. The second kappa shape index (κ2) is 4.53. The number of ketones is 1. The number of halogens is 3. The molecule has 0 unspecified atom stereocenters. The van der Waals surface area contributed by atoms with Crippen LogP contribution in [0.2, 0.25) is 10.0 Å². The molecule has 0 amide bonds. The van der Waals surface area contributed by atoms with Gasteiger partial charge in [-0.25, -0.2) is 4.39 Å². The van der Waals surface area contributed by atoms with Gasteiger partial charge in [-0.3, -0.25) is 4.79 Å². The Morgan fingerprint density at radius 1 is 1.19 bits per heavy atom. The van der Waals surface area contributed by atoms with Crippen LogP contribution in [0.4, 0.5) is 4.39 Å². The average molecular weight is 275 g/mol. The molecule has 0 atom stereocenters. The molecule has 0 aliphatic rings. The molecule has 0 fully saturated rings. The van der Waals surface area contributed by atoms with Crippen molar-refractivity contribution in [3.8, 4) is 0 Å². The Kier molecular flexibility index (Phi) is 3.28. The summed E-state index contributed by atoms with van der Waals surface area (Å²) in [6.45, 7) is 0. The Morgan fingerprint density at radius 2 is 1.94 bits per heavy atom. The molecule has 0 aliphatic carbocycles. The van der Waals surface area contributed by atoms with Gasteiger partial charge in [0.2, 0.25) is 5.78 Å². The van der Waals surface area contributed by atoms with Crippen LogP contribution in [-0.2, 0) is 0 Å². The quantitative estimate of drug-likeness (QED) is 0.741. The van der Waals surface area contributed by atoms with Crippen LogP contribution in [0, 0.1) is 5.82 Å². The van der Waals surface area contributed by atoms with E-state index in [0.717, 1.165) is 0 Å². The number of hydrogen-bond acceptors (Lipinski definition) is 2. The van der Waals surface area contributed by atoms with Gasteiger partial charge in [0.05, 0.1) is 20.5 Å². The molecule has 0 radical (unpaired) electrons. The summed E-state index contributed by atoms with van der Waals surface area (Å²) in [7, 11) is 0. The molecule has 1 aromatic heterocycles. The lowest BCUT2D eigenvalue weighted by Crippen LogP contribution is -2.02. The largest absolute Gasteiger partial charge is 0.288 e. The van der Waals surface area contributed by atoms with E-state index in [1.54, 1.807) is 11.4 Å². The third-order valence-electron chi connectivity index (χ3n) is 2.02. The van der Waals surface area contributed by atoms with Gasteiger partial charge < -0.3 is 0 Å². The van der Waals surface area contributed by atoms with Crippen LogP contribution in [0.15, 0.2) is 29.6 Å². The van der Waals surface area contributed by atoms with E-state index >= 15 is 0 Å². The molecular weight excluding hydrogens is 270 g/mol. The third kappa shape index (κ3) is 1.98. The van der Waals surface area contributed by atoms with E-state index in [0.29, 0.717) is 9.90 Å². The van der Waals surface area contributed by atoms with E-state index in [-0.39, 0.29) is 10.6 Å². The first-order valence-electron chi connectivity index (χ1n) is 4.33. The molecule has 0 spiro atoms. The Labute approximate surface area is 105 Å². The number of carbonyl (C=O) groups is 1. The first kappa shape index (κ1) is 11.6. The van der Waals surface area contributed by atoms with Crippen LogP contribution in [-0.4, -0.2) is 5.78 Å². The second-order valence-corrected chi connectivity index (χ2v) is 4.76. The highest BCUT2D eigenvalue weighted by Gasteiger charge is 2.19. The van der Waals surface area contributed by atoms with Crippen LogP contribution in [0.1, 0.15) is 15.2 Å². The van der Waals surface area contributed by atoms with Crippen molar-refractivity contribution in [1.82, 2.24) is 0 Å². The molecule has 5 heteroatoms. The summed E-state index contributed by atoms with van der Waals surface area (Å²) in [5.41, 5.74) is -0.0585. The van der Waals surface area contributed by atoms with Crippen LogP contribution >= 0.6 is 34.5 Å². The minimum absolute atomic E-state index is 0.0585. The lowest BCUT2D eigenvalue weighted by atomic mass is 10.1. The van der Waals surface area contributed by atoms with E-state index in [9.17, 15) is 9.18 Å². The van der Waals surface area contributed by atoms with E-state index in [2.05, 4.69) is 0 Å². The molecule has 0 saturated carbocycles. The standard InChI is InChI=1S/C11H5Cl2FOS/c12-7-3-1-2-6(9(7)14)10(15)11-8(13)4-5-16-11/h1-5H. The van der Waals surface area contributed by atoms with Crippen molar-refractivity contribution in [3.05, 3.63) is 55.9 Å². The summed E-state index contributed by atoms with van der Waals surface area (Å²) in [4.78, 5) is 12.3. The number of thiophene rings is 1. The van der Waals surface area contributed by atoms with Crippen LogP contribution < -0.4 is 0 Å². The number of hydrogen-bond donors (Lipinski definition) is 0. The zero-order valence-electron chi connectivity index (χ0n) is 7.84. The van der Waals surface area contributed by atoms with Gasteiger partial charge in [0.15, 0.2) is 5.82 Å². The highest BCUT2D eigenvalue weighted by Crippen LogP contribution is 2.27. The smallest absolute Gasteiger partial charge is 0.207 e. The Bertz CT molecular complexity index is 551. The molecule has 2 rings (SSSR count). The van der Waals surface area contributed by atoms with Crippen molar-refractivity contribution in [3.63, 3.8) is 0 Å². The molecule has 0 saturated heterocycles. The number of carbonyl (C=O) groups excluding carboxylic acids is 1. The van der Waals surface area contributed by atoms with Crippen LogP contribution in [0.3, 0.4) is 0 Å². The molecule has 1 heterocycles. The Balaban J connectivity index is 2.50. The maximum atomic E-state index is 13.6. The van der Waals surface area contributed by atoms with E-state index in [4.69, 9.17) is 23.2 Å². The fraction of sp³-hybridized carbons (Fsp3) is 0. The summed E-state index contributed by atoms with van der Waals surface area (Å²) in [6.07, 6.45) is 0.